The third-order valence-electron chi connectivity index (χ3n) is 5.19. The number of nitrogens with zero attached hydrogens (tertiary/aromatic N) is 2. The zero-order chi connectivity index (χ0) is 18.3. The third-order valence-corrected chi connectivity index (χ3v) is 5.72. The van der Waals surface area contributed by atoms with E-state index in [1.165, 1.54) is 32.1 Å². The topological polar surface area (TPSA) is 44.1 Å². The number of alkyl halides is 1. The van der Waals surface area contributed by atoms with Gasteiger partial charge in [0.1, 0.15) is 5.69 Å². The number of hydrogen-bond acceptors (Lipinski definition) is 3. The summed E-state index contributed by atoms with van der Waals surface area (Å²) in [5.41, 5.74) is 1.42. The lowest BCUT2D eigenvalue weighted by molar-refractivity contribution is 0.0511. The highest BCUT2D eigenvalue weighted by atomic mass is 35.5. The van der Waals surface area contributed by atoms with Crippen molar-refractivity contribution in [2.75, 3.05) is 6.61 Å². The van der Waals surface area contributed by atoms with Crippen molar-refractivity contribution in [2.45, 2.75) is 89.3 Å². The standard InChI is InChI=1S/C19H32BClN2O2/c1-4-6-8-11-19(21)12-9-7-10-16(20-19)14-23-17(13-15(3)22-23)18(24)25-5-2/h13,16,20H,4-12,14H2,1-3H3. The van der Waals surface area contributed by atoms with Crippen LogP contribution in [0, 0.1) is 6.92 Å². The molecule has 0 N–H and O–H groups in total. The molecule has 0 radical (unpaired) electrons. The van der Waals surface area contributed by atoms with E-state index in [0.717, 1.165) is 38.8 Å². The molecule has 6 heteroatoms. The number of hydrogen-bond donors (Lipinski definition) is 0. The van der Waals surface area contributed by atoms with E-state index in [9.17, 15) is 4.79 Å². The molecule has 0 amide bonds. The molecule has 1 aromatic rings. The Bertz CT molecular complexity index is 564. The average Bonchev–Trinajstić information content (AvgIpc) is 2.81. The monoisotopic (exact) mass is 366 g/mol. The molecule has 0 aromatic carbocycles. The van der Waals surface area contributed by atoms with Gasteiger partial charge in [0, 0.05) is 11.3 Å². The summed E-state index contributed by atoms with van der Waals surface area (Å²) in [6.45, 7) is 7.12. The predicted octanol–water partition coefficient (Wildman–Crippen LogP) is 4.68. The molecule has 0 saturated carbocycles. The number of esters is 1. The number of unbranched alkanes of at least 4 members (excludes halogenated alkanes) is 2. The van der Waals surface area contributed by atoms with E-state index in [-0.39, 0.29) is 10.7 Å². The Morgan fingerprint density at radius 2 is 2.24 bits per heavy atom. The largest absolute Gasteiger partial charge is 0.461 e. The molecular weight excluding hydrogens is 334 g/mol. The molecular formula is C19H32BClN2O2. The van der Waals surface area contributed by atoms with Crippen LogP contribution in [0.25, 0.3) is 0 Å². The van der Waals surface area contributed by atoms with Crippen molar-refractivity contribution in [3.05, 3.63) is 17.5 Å². The highest BCUT2D eigenvalue weighted by Gasteiger charge is 2.34. The molecule has 2 unspecified atom stereocenters. The second-order valence-electron chi connectivity index (χ2n) is 7.50. The molecule has 0 spiro atoms. The summed E-state index contributed by atoms with van der Waals surface area (Å²) >= 11 is 7.01. The van der Waals surface area contributed by atoms with Crippen LogP contribution < -0.4 is 0 Å². The van der Waals surface area contributed by atoms with Gasteiger partial charge in [0.15, 0.2) is 7.28 Å². The summed E-state index contributed by atoms with van der Waals surface area (Å²) in [4.78, 5) is 12.2. The molecule has 2 heterocycles. The van der Waals surface area contributed by atoms with E-state index >= 15 is 0 Å². The molecule has 1 saturated heterocycles. The fourth-order valence-corrected chi connectivity index (χ4v) is 4.46. The van der Waals surface area contributed by atoms with Gasteiger partial charge in [0.25, 0.3) is 0 Å². The summed E-state index contributed by atoms with van der Waals surface area (Å²) < 4.78 is 6.94. The Hall–Kier alpha value is -0.965. The Labute approximate surface area is 157 Å². The number of carbonyl (C=O) groups excluding carboxylic acids is 1. The van der Waals surface area contributed by atoms with Gasteiger partial charge in [-0.15, -0.1) is 11.6 Å². The van der Waals surface area contributed by atoms with Crippen molar-refractivity contribution in [3.63, 3.8) is 0 Å². The minimum absolute atomic E-state index is 0.0807. The van der Waals surface area contributed by atoms with Crippen LogP contribution in [0.3, 0.4) is 0 Å². The summed E-state index contributed by atoms with van der Waals surface area (Å²) in [7, 11) is 1.01. The van der Waals surface area contributed by atoms with Crippen molar-refractivity contribution < 1.29 is 9.53 Å². The molecule has 0 aliphatic carbocycles. The lowest BCUT2D eigenvalue weighted by Crippen LogP contribution is -2.33. The van der Waals surface area contributed by atoms with Crippen LogP contribution in [0.4, 0.5) is 0 Å². The maximum atomic E-state index is 12.2. The molecule has 2 rings (SSSR count). The normalized spacial score (nSPS) is 23.8. The van der Waals surface area contributed by atoms with Crippen LogP contribution in [0.2, 0.25) is 5.82 Å². The SMILES string of the molecule is CCCCCC1(Cl)BC(Cn2nc(C)cc2C(=O)OCC)CCCC1. The van der Waals surface area contributed by atoms with E-state index in [0.29, 0.717) is 18.1 Å². The average molecular weight is 367 g/mol. The predicted molar refractivity (Wildman–Crippen MR) is 105 cm³/mol. The third kappa shape index (κ3) is 6.05. The van der Waals surface area contributed by atoms with Gasteiger partial charge in [0.05, 0.1) is 12.3 Å². The van der Waals surface area contributed by atoms with Crippen molar-refractivity contribution in [1.82, 2.24) is 9.78 Å². The maximum absolute atomic E-state index is 12.2. The molecule has 25 heavy (non-hydrogen) atoms. The van der Waals surface area contributed by atoms with Crippen LogP contribution >= 0.6 is 11.6 Å². The molecule has 140 valence electrons. The summed E-state index contributed by atoms with van der Waals surface area (Å²) in [5, 5.41) is 4.53. The Morgan fingerprint density at radius 1 is 1.44 bits per heavy atom. The van der Waals surface area contributed by atoms with E-state index in [1.807, 2.05) is 24.6 Å². The van der Waals surface area contributed by atoms with Gasteiger partial charge in [-0.25, -0.2) is 4.79 Å². The highest BCUT2D eigenvalue weighted by Crippen LogP contribution is 2.37. The van der Waals surface area contributed by atoms with E-state index in [1.54, 1.807) is 0 Å². The highest BCUT2D eigenvalue weighted by molar-refractivity contribution is 6.58. The van der Waals surface area contributed by atoms with E-state index < -0.39 is 0 Å². The van der Waals surface area contributed by atoms with Crippen LogP contribution in [0.1, 0.15) is 81.4 Å². The van der Waals surface area contributed by atoms with Gasteiger partial charge in [-0.2, -0.15) is 5.10 Å². The number of halogens is 1. The number of ether oxygens (including phenoxy) is 1. The fraction of sp³-hybridized carbons (Fsp3) is 0.789. The first-order valence-electron chi connectivity index (χ1n) is 9.88. The molecule has 1 aliphatic rings. The van der Waals surface area contributed by atoms with Gasteiger partial charge < -0.3 is 4.74 Å². The Kier molecular flexibility index (Phi) is 7.86. The number of carbonyl (C=O) groups is 1. The van der Waals surface area contributed by atoms with Gasteiger partial charge in [-0.05, 0) is 38.6 Å². The first-order chi connectivity index (χ1) is 12.0. The first-order valence-corrected chi connectivity index (χ1v) is 10.3. The van der Waals surface area contributed by atoms with Crippen LogP contribution in [0.5, 0.6) is 0 Å². The van der Waals surface area contributed by atoms with Gasteiger partial charge in [0.2, 0.25) is 0 Å². The van der Waals surface area contributed by atoms with Crippen molar-refractivity contribution in [3.8, 4) is 0 Å². The minimum Gasteiger partial charge on any atom is -0.461 e. The zero-order valence-corrected chi connectivity index (χ0v) is 16.8. The summed E-state index contributed by atoms with van der Waals surface area (Å²) in [5.74, 6) is 0.186. The lowest BCUT2D eigenvalue weighted by atomic mass is 9.52. The smallest absolute Gasteiger partial charge is 0.356 e. The zero-order valence-electron chi connectivity index (χ0n) is 16.0. The molecule has 0 bridgehead atoms. The molecule has 2 atom stereocenters. The maximum Gasteiger partial charge on any atom is 0.356 e. The lowest BCUT2D eigenvalue weighted by Gasteiger charge is -2.28. The quantitative estimate of drug-likeness (QED) is 0.290. The summed E-state index contributed by atoms with van der Waals surface area (Å²) in [6, 6.07) is 1.82. The Morgan fingerprint density at radius 3 is 2.96 bits per heavy atom. The summed E-state index contributed by atoms with van der Waals surface area (Å²) in [6.07, 6.45) is 9.47. The second kappa shape index (κ2) is 9.66. The van der Waals surface area contributed by atoms with Gasteiger partial charge in [-0.1, -0.05) is 45.4 Å². The van der Waals surface area contributed by atoms with Crippen molar-refractivity contribution in [2.24, 2.45) is 0 Å². The van der Waals surface area contributed by atoms with Crippen molar-refractivity contribution >= 4 is 24.8 Å². The molecule has 1 aliphatic heterocycles. The fourth-order valence-electron chi connectivity index (χ4n) is 3.97. The van der Waals surface area contributed by atoms with Gasteiger partial charge >= 0.3 is 5.97 Å². The van der Waals surface area contributed by atoms with E-state index in [2.05, 4.69) is 12.0 Å². The van der Waals surface area contributed by atoms with Crippen LogP contribution in [0.15, 0.2) is 6.07 Å². The van der Waals surface area contributed by atoms with Crippen LogP contribution in [-0.4, -0.2) is 34.4 Å². The molecule has 1 aromatic heterocycles. The molecule has 4 nitrogen and oxygen atoms in total. The second-order valence-corrected chi connectivity index (χ2v) is 8.30. The van der Waals surface area contributed by atoms with Crippen LogP contribution in [-0.2, 0) is 11.3 Å². The number of rotatable bonds is 8. The number of aromatic nitrogens is 2. The Balaban J connectivity index is 2.06. The van der Waals surface area contributed by atoms with Crippen molar-refractivity contribution in [1.29, 1.82) is 0 Å². The number of aryl methyl sites for hydroxylation is 1. The first kappa shape index (κ1) is 20.3. The van der Waals surface area contributed by atoms with E-state index in [4.69, 9.17) is 16.3 Å². The van der Waals surface area contributed by atoms with Gasteiger partial charge in [-0.3, -0.25) is 4.68 Å². The molecule has 1 fully saturated rings. The minimum atomic E-state index is -0.281.